The van der Waals surface area contributed by atoms with Crippen LogP contribution in [-0.2, 0) is 23.0 Å². The zero-order valence-corrected chi connectivity index (χ0v) is 14.9. The normalized spacial score (nSPS) is 15.3. The Morgan fingerprint density at radius 2 is 2.17 bits per heavy atom. The highest BCUT2D eigenvalue weighted by Gasteiger charge is 2.31. The van der Waals surface area contributed by atoms with E-state index in [4.69, 9.17) is 0 Å². The average molecular weight is 367 g/mol. The van der Waals surface area contributed by atoms with Crippen molar-refractivity contribution in [2.45, 2.75) is 32.1 Å². The molecule has 1 amide bonds. The number of aromatic nitrogens is 3. The molecule has 0 spiro atoms. The maximum atomic E-state index is 12.3. The minimum atomic E-state index is -3.29. The number of carbonyl (C=O) groups is 1. The molecule has 0 atom stereocenters. The van der Waals surface area contributed by atoms with Gasteiger partial charge in [-0.1, -0.05) is 0 Å². The third kappa shape index (κ3) is 3.30. The van der Waals surface area contributed by atoms with Crippen LogP contribution >= 0.6 is 11.3 Å². The maximum Gasteiger partial charge on any atom is 0.277 e. The highest BCUT2D eigenvalue weighted by Crippen LogP contribution is 2.30. The minimum Gasteiger partial charge on any atom is -0.296 e. The van der Waals surface area contributed by atoms with E-state index in [1.807, 2.05) is 0 Å². The Kier molecular flexibility index (Phi) is 4.61. The maximum absolute atomic E-state index is 12.3. The number of carbonyl (C=O) groups excluding carboxylic acids is 1. The Labute approximate surface area is 144 Å². The third-order valence-corrected chi connectivity index (χ3v) is 6.89. The summed E-state index contributed by atoms with van der Waals surface area (Å²) < 4.78 is 26.1. The van der Waals surface area contributed by atoms with Crippen molar-refractivity contribution in [3.05, 3.63) is 34.9 Å². The molecule has 8 nitrogen and oxygen atoms in total. The van der Waals surface area contributed by atoms with Crippen LogP contribution in [0.25, 0.3) is 0 Å². The zero-order chi connectivity index (χ0) is 17.3. The number of thiazole rings is 1. The summed E-state index contributed by atoms with van der Waals surface area (Å²) in [7, 11) is -3.29. The van der Waals surface area contributed by atoms with Crippen molar-refractivity contribution < 1.29 is 13.2 Å². The van der Waals surface area contributed by atoms with E-state index in [0.717, 1.165) is 10.6 Å². The van der Waals surface area contributed by atoms with Crippen molar-refractivity contribution in [3.8, 4) is 0 Å². The first-order valence-electron chi connectivity index (χ1n) is 7.43. The van der Waals surface area contributed by atoms with Crippen molar-refractivity contribution in [1.29, 1.82) is 0 Å². The van der Waals surface area contributed by atoms with Crippen LogP contribution in [0.3, 0.4) is 0 Å². The molecule has 2 aromatic heterocycles. The minimum absolute atomic E-state index is 0.203. The predicted octanol–water partition coefficient (Wildman–Crippen LogP) is 1.28. The molecule has 0 aromatic carbocycles. The van der Waals surface area contributed by atoms with Crippen LogP contribution in [0.2, 0.25) is 0 Å². The first kappa shape index (κ1) is 16.9. The standard InChI is InChI=1S/C14H17N5O3S2/c1-9(2)24(21,22)19-6-3-10-12(8-19)23-14(17-10)18-13(20)11-7-15-4-5-16-11/h4-5,7,9H,3,6,8H2,1-2H3,(H,17,18,20). The molecule has 3 heterocycles. The van der Waals surface area contributed by atoms with Crippen molar-refractivity contribution >= 4 is 32.4 Å². The molecule has 0 fully saturated rings. The molecule has 128 valence electrons. The van der Waals surface area contributed by atoms with Crippen molar-refractivity contribution in [1.82, 2.24) is 19.3 Å². The van der Waals surface area contributed by atoms with Gasteiger partial charge in [0.1, 0.15) is 5.69 Å². The Bertz CT molecular complexity index is 849. The number of nitrogens with zero attached hydrogens (tertiary/aromatic N) is 4. The van der Waals surface area contributed by atoms with Crippen molar-refractivity contribution in [2.24, 2.45) is 0 Å². The van der Waals surface area contributed by atoms with Gasteiger partial charge in [0.05, 0.1) is 17.1 Å². The molecule has 0 saturated carbocycles. The second kappa shape index (κ2) is 6.54. The number of hydrogen-bond donors (Lipinski definition) is 1. The summed E-state index contributed by atoms with van der Waals surface area (Å²) in [5.74, 6) is -0.388. The highest BCUT2D eigenvalue weighted by atomic mass is 32.2. The fraction of sp³-hybridized carbons (Fsp3) is 0.429. The molecule has 1 aliphatic heterocycles. The van der Waals surface area contributed by atoms with Crippen LogP contribution in [0.5, 0.6) is 0 Å². The zero-order valence-electron chi connectivity index (χ0n) is 13.3. The number of fused-ring (bicyclic) bond motifs is 1. The molecule has 0 radical (unpaired) electrons. The summed E-state index contributed by atoms with van der Waals surface area (Å²) >= 11 is 1.29. The van der Waals surface area contributed by atoms with E-state index in [1.54, 1.807) is 13.8 Å². The van der Waals surface area contributed by atoms with Gasteiger partial charge in [-0.3, -0.25) is 15.1 Å². The first-order chi connectivity index (χ1) is 11.4. The monoisotopic (exact) mass is 367 g/mol. The van der Waals surface area contributed by atoms with Crippen LogP contribution in [0.15, 0.2) is 18.6 Å². The molecule has 0 unspecified atom stereocenters. The Morgan fingerprint density at radius 1 is 1.38 bits per heavy atom. The molecule has 1 aliphatic rings. The van der Waals surface area contributed by atoms with Crippen molar-refractivity contribution in [3.63, 3.8) is 0 Å². The van der Waals surface area contributed by atoms with Gasteiger partial charge in [0, 0.05) is 36.8 Å². The molecule has 1 N–H and O–H groups in total. The summed E-state index contributed by atoms with van der Waals surface area (Å²) in [6.45, 7) is 4.05. The molecule has 10 heteroatoms. The fourth-order valence-electron chi connectivity index (χ4n) is 2.32. The SMILES string of the molecule is CC(C)S(=O)(=O)N1CCc2nc(NC(=O)c3cnccn3)sc2C1. The van der Waals surface area contributed by atoms with Gasteiger partial charge in [-0.15, -0.1) is 11.3 Å². The largest absolute Gasteiger partial charge is 0.296 e. The van der Waals surface area contributed by atoms with Crippen molar-refractivity contribution in [2.75, 3.05) is 11.9 Å². The van der Waals surface area contributed by atoms with Gasteiger partial charge in [-0.25, -0.2) is 18.4 Å². The second-order valence-electron chi connectivity index (χ2n) is 5.61. The van der Waals surface area contributed by atoms with Gasteiger partial charge in [0.25, 0.3) is 5.91 Å². The smallest absolute Gasteiger partial charge is 0.277 e. The van der Waals surface area contributed by atoms with Gasteiger partial charge in [-0.05, 0) is 13.8 Å². The lowest BCUT2D eigenvalue weighted by atomic mass is 10.2. The van der Waals surface area contributed by atoms with Gasteiger partial charge in [0.2, 0.25) is 10.0 Å². The Morgan fingerprint density at radius 3 is 2.83 bits per heavy atom. The molecule has 0 saturated heterocycles. The van der Waals surface area contributed by atoms with Gasteiger partial charge in [0.15, 0.2) is 5.13 Å². The van der Waals surface area contributed by atoms with Gasteiger partial charge < -0.3 is 0 Å². The molecule has 3 rings (SSSR count). The van der Waals surface area contributed by atoms with E-state index in [-0.39, 0.29) is 11.6 Å². The number of nitrogens with one attached hydrogen (secondary N) is 1. The van der Waals surface area contributed by atoms with Gasteiger partial charge >= 0.3 is 0 Å². The summed E-state index contributed by atoms with van der Waals surface area (Å²) in [6.07, 6.45) is 4.84. The van der Waals surface area contributed by atoms with E-state index < -0.39 is 15.3 Å². The lowest BCUT2D eigenvalue weighted by Crippen LogP contribution is -2.39. The summed E-state index contributed by atoms with van der Waals surface area (Å²) in [6, 6.07) is 0. The molecule has 24 heavy (non-hydrogen) atoms. The lowest BCUT2D eigenvalue weighted by Gasteiger charge is -2.26. The van der Waals surface area contributed by atoms with Crippen LogP contribution in [0.1, 0.15) is 34.9 Å². The molecule has 0 aliphatic carbocycles. The number of rotatable bonds is 4. The van der Waals surface area contributed by atoms with E-state index >= 15 is 0 Å². The number of sulfonamides is 1. The van der Waals surface area contributed by atoms with Crippen LogP contribution in [0.4, 0.5) is 5.13 Å². The summed E-state index contributed by atoms with van der Waals surface area (Å²) in [4.78, 5) is 25.1. The molecular weight excluding hydrogens is 350 g/mol. The van der Waals surface area contributed by atoms with E-state index in [2.05, 4.69) is 20.3 Å². The van der Waals surface area contributed by atoms with Crippen LogP contribution in [-0.4, -0.2) is 45.4 Å². The summed E-state index contributed by atoms with van der Waals surface area (Å²) in [5.41, 5.74) is 1.04. The number of anilines is 1. The highest BCUT2D eigenvalue weighted by molar-refractivity contribution is 7.89. The first-order valence-corrected chi connectivity index (χ1v) is 9.75. The van der Waals surface area contributed by atoms with Crippen LogP contribution < -0.4 is 5.32 Å². The quantitative estimate of drug-likeness (QED) is 0.873. The Hall–Kier alpha value is -1.91. The fourth-order valence-corrected chi connectivity index (χ4v) is 4.67. The van der Waals surface area contributed by atoms with E-state index in [0.29, 0.717) is 24.6 Å². The second-order valence-corrected chi connectivity index (χ2v) is 9.18. The number of amides is 1. The van der Waals surface area contributed by atoms with Crippen LogP contribution in [0, 0.1) is 0 Å². The molecule has 0 bridgehead atoms. The molecule has 2 aromatic rings. The third-order valence-electron chi connectivity index (χ3n) is 3.67. The average Bonchev–Trinajstić information content (AvgIpc) is 2.96. The lowest BCUT2D eigenvalue weighted by molar-refractivity contribution is 0.102. The topological polar surface area (TPSA) is 105 Å². The van der Waals surface area contributed by atoms with Gasteiger partial charge in [-0.2, -0.15) is 4.31 Å². The Balaban J connectivity index is 1.75. The molecular formula is C14H17N5O3S2. The van der Waals surface area contributed by atoms with E-state index in [9.17, 15) is 13.2 Å². The number of hydrogen-bond acceptors (Lipinski definition) is 7. The predicted molar refractivity (Wildman–Crippen MR) is 90.3 cm³/mol. The summed E-state index contributed by atoms with van der Waals surface area (Å²) in [5, 5.41) is 2.68. The van der Waals surface area contributed by atoms with E-state index in [1.165, 1.54) is 34.2 Å².